The monoisotopic (exact) mass is 209 g/mol. The van der Waals surface area contributed by atoms with Gasteiger partial charge < -0.3 is 5.32 Å². The minimum atomic E-state index is 0.547. The number of halogens is 1. The fourth-order valence-electron chi connectivity index (χ4n) is 2.08. The highest BCUT2D eigenvalue weighted by atomic mass is 35.5. The lowest BCUT2D eigenvalue weighted by atomic mass is 10.0. The van der Waals surface area contributed by atoms with Crippen molar-refractivity contribution in [3.8, 4) is 0 Å². The predicted molar refractivity (Wildman–Crippen MR) is 60.9 cm³/mol. The van der Waals surface area contributed by atoms with Gasteiger partial charge >= 0.3 is 0 Å². The summed E-state index contributed by atoms with van der Waals surface area (Å²) in [5, 5.41) is 3.13. The molecule has 0 heterocycles. The molecule has 2 heteroatoms. The highest BCUT2D eigenvalue weighted by Crippen LogP contribution is 2.22. The SMILES string of the molecule is ClCNCCc1ccc2c(c1)CCC2. The van der Waals surface area contributed by atoms with Gasteiger partial charge in [-0.1, -0.05) is 18.2 Å². The van der Waals surface area contributed by atoms with Crippen molar-refractivity contribution in [1.29, 1.82) is 0 Å². The van der Waals surface area contributed by atoms with Crippen molar-refractivity contribution in [2.75, 3.05) is 12.5 Å². The van der Waals surface area contributed by atoms with Crippen LogP contribution in [-0.2, 0) is 19.3 Å². The molecule has 1 N–H and O–H groups in total. The van der Waals surface area contributed by atoms with E-state index in [9.17, 15) is 0 Å². The number of nitrogens with one attached hydrogen (secondary N) is 1. The van der Waals surface area contributed by atoms with Gasteiger partial charge in [0.15, 0.2) is 0 Å². The van der Waals surface area contributed by atoms with Crippen LogP contribution in [0.1, 0.15) is 23.1 Å². The minimum absolute atomic E-state index is 0.547. The maximum atomic E-state index is 5.55. The molecule has 0 bridgehead atoms. The van der Waals surface area contributed by atoms with Gasteiger partial charge in [-0.25, -0.2) is 0 Å². The summed E-state index contributed by atoms with van der Waals surface area (Å²) in [6.45, 7) is 0.974. The summed E-state index contributed by atoms with van der Waals surface area (Å²) in [4.78, 5) is 0. The third-order valence-electron chi connectivity index (χ3n) is 2.85. The molecule has 0 saturated carbocycles. The largest absolute Gasteiger partial charge is 0.304 e. The number of alkyl halides is 1. The van der Waals surface area contributed by atoms with Crippen LogP contribution in [0.3, 0.4) is 0 Å². The molecule has 1 aliphatic carbocycles. The molecule has 76 valence electrons. The molecule has 1 aromatic carbocycles. The molecule has 0 unspecified atom stereocenters. The van der Waals surface area contributed by atoms with E-state index >= 15 is 0 Å². The standard InChI is InChI=1S/C12H16ClN/c13-9-14-7-6-10-4-5-11-2-1-3-12(11)8-10/h4-5,8,14H,1-3,6-7,9H2. The molecule has 0 saturated heterocycles. The summed E-state index contributed by atoms with van der Waals surface area (Å²) in [6.07, 6.45) is 4.96. The highest BCUT2D eigenvalue weighted by molar-refractivity contribution is 6.17. The van der Waals surface area contributed by atoms with Gasteiger partial charge in [0.1, 0.15) is 0 Å². The van der Waals surface area contributed by atoms with Crippen LogP contribution in [0.25, 0.3) is 0 Å². The Morgan fingerprint density at radius 2 is 2.07 bits per heavy atom. The Morgan fingerprint density at radius 1 is 1.21 bits per heavy atom. The van der Waals surface area contributed by atoms with Crippen LogP contribution < -0.4 is 5.32 Å². The van der Waals surface area contributed by atoms with Crippen molar-refractivity contribution in [1.82, 2.24) is 5.32 Å². The van der Waals surface area contributed by atoms with E-state index in [0.29, 0.717) is 6.00 Å². The molecule has 1 aliphatic rings. The van der Waals surface area contributed by atoms with Crippen molar-refractivity contribution in [3.63, 3.8) is 0 Å². The van der Waals surface area contributed by atoms with E-state index in [2.05, 4.69) is 23.5 Å². The van der Waals surface area contributed by atoms with Gasteiger partial charge in [-0.05, 0) is 42.4 Å². The van der Waals surface area contributed by atoms with Crippen LogP contribution in [-0.4, -0.2) is 12.5 Å². The summed E-state index contributed by atoms with van der Waals surface area (Å²) in [7, 11) is 0. The quantitative estimate of drug-likeness (QED) is 0.457. The van der Waals surface area contributed by atoms with E-state index in [1.165, 1.54) is 24.8 Å². The molecule has 0 aliphatic heterocycles. The number of benzene rings is 1. The first-order valence-corrected chi connectivity index (χ1v) is 5.81. The Hall–Kier alpha value is -0.530. The maximum Gasteiger partial charge on any atom is 0.0713 e. The second kappa shape index (κ2) is 4.81. The summed E-state index contributed by atoms with van der Waals surface area (Å²) in [6, 6.07) is 7.45. The molecule has 2 rings (SSSR count). The first-order valence-electron chi connectivity index (χ1n) is 5.27. The number of rotatable bonds is 4. The number of hydrogen-bond acceptors (Lipinski definition) is 1. The smallest absolute Gasteiger partial charge is 0.0713 e. The van der Waals surface area contributed by atoms with Crippen LogP contribution in [0.4, 0.5) is 0 Å². The molecule has 0 fully saturated rings. The van der Waals surface area contributed by atoms with Crippen molar-refractivity contribution < 1.29 is 0 Å². The van der Waals surface area contributed by atoms with E-state index in [1.807, 2.05) is 0 Å². The van der Waals surface area contributed by atoms with Crippen molar-refractivity contribution >= 4 is 11.6 Å². The lowest BCUT2D eigenvalue weighted by molar-refractivity contribution is 0.770. The van der Waals surface area contributed by atoms with Gasteiger partial charge in [0.05, 0.1) is 6.00 Å². The summed E-state index contributed by atoms with van der Waals surface area (Å²) < 4.78 is 0. The zero-order valence-electron chi connectivity index (χ0n) is 8.35. The van der Waals surface area contributed by atoms with E-state index in [1.54, 1.807) is 11.1 Å². The van der Waals surface area contributed by atoms with Gasteiger partial charge in [0.25, 0.3) is 0 Å². The molecule has 0 aromatic heterocycles. The average molecular weight is 210 g/mol. The number of hydrogen-bond donors (Lipinski definition) is 1. The Bertz CT molecular complexity index is 309. The molecule has 0 spiro atoms. The van der Waals surface area contributed by atoms with Gasteiger partial charge in [-0.15, -0.1) is 11.6 Å². The number of aryl methyl sites for hydroxylation is 2. The molecule has 0 atom stereocenters. The van der Waals surface area contributed by atoms with Crippen LogP contribution in [0.15, 0.2) is 18.2 Å². The molecule has 14 heavy (non-hydrogen) atoms. The Labute approximate surface area is 90.5 Å². The fourth-order valence-corrected chi connectivity index (χ4v) is 2.21. The second-order valence-corrected chi connectivity index (χ2v) is 4.11. The zero-order valence-corrected chi connectivity index (χ0v) is 9.11. The molecular formula is C12H16ClN. The van der Waals surface area contributed by atoms with Gasteiger partial charge in [0.2, 0.25) is 0 Å². The normalized spacial score (nSPS) is 14.4. The van der Waals surface area contributed by atoms with E-state index in [-0.39, 0.29) is 0 Å². The lowest BCUT2D eigenvalue weighted by Gasteiger charge is -2.04. The lowest BCUT2D eigenvalue weighted by Crippen LogP contribution is -2.14. The molecule has 0 radical (unpaired) electrons. The Balaban J connectivity index is 1.98. The van der Waals surface area contributed by atoms with Gasteiger partial charge in [-0.3, -0.25) is 0 Å². The predicted octanol–water partition coefficient (Wildman–Crippen LogP) is 2.50. The van der Waals surface area contributed by atoms with Crippen LogP contribution in [0.2, 0.25) is 0 Å². The maximum absolute atomic E-state index is 5.55. The highest BCUT2D eigenvalue weighted by Gasteiger charge is 2.10. The Kier molecular flexibility index (Phi) is 3.44. The van der Waals surface area contributed by atoms with Gasteiger partial charge in [0, 0.05) is 6.54 Å². The van der Waals surface area contributed by atoms with Gasteiger partial charge in [-0.2, -0.15) is 0 Å². The third kappa shape index (κ3) is 2.28. The van der Waals surface area contributed by atoms with Crippen molar-refractivity contribution in [3.05, 3.63) is 34.9 Å². The topological polar surface area (TPSA) is 12.0 Å². The summed E-state index contributed by atoms with van der Waals surface area (Å²) >= 11 is 5.55. The third-order valence-corrected chi connectivity index (χ3v) is 3.04. The molecule has 1 nitrogen and oxygen atoms in total. The first kappa shape index (κ1) is 10.0. The van der Waals surface area contributed by atoms with Crippen molar-refractivity contribution in [2.45, 2.75) is 25.7 Å². The zero-order chi connectivity index (χ0) is 9.80. The minimum Gasteiger partial charge on any atom is -0.304 e. The second-order valence-electron chi connectivity index (χ2n) is 3.84. The average Bonchev–Trinajstić information content (AvgIpc) is 2.65. The van der Waals surface area contributed by atoms with Crippen LogP contribution >= 0.6 is 11.6 Å². The molecular weight excluding hydrogens is 194 g/mol. The van der Waals surface area contributed by atoms with Crippen LogP contribution in [0.5, 0.6) is 0 Å². The molecule has 0 amide bonds. The van der Waals surface area contributed by atoms with Crippen LogP contribution in [0, 0.1) is 0 Å². The van der Waals surface area contributed by atoms with Crippen molar-refractivity contribution in [2.24, 2.45) is 0 Å². The fraction of sp³-hybridized carbons (Fsp3) is 0.500. The van der Waals surface area contributed by atoms with E-state index in [0.717, 1.165) is 13.0 Å². The van der Waals surface area contributed by atoms with E-state index in [4.69, 9.17) is 11.6 Å². The molecule has 1 aromatic rings. The summed E-state index contributed by atoms with van der Waals surface area (Å²) in [5.41, 5.74) is 4.55. The summed E-state index contributed by atoms with van der Waals surface area (Å²) in [5.74, 6) is 0. The van der Waals surface area contributed by atoms with E-state index < -0.39 is 0 Å². The Morgan fingerprint density at radius 3 is 2.93 bits per heavy atom. The number of fused-ring (bicyclic) bond motifs is 1. The first-order chi connectivity index (χ1) is 6.90.